The van der Waals surface area contributed by atoms with Gasteiger partial charge in [0.25, 0.3) is 0 Å². The molecule has 0 saturated heterocycles. The molecule has 0 saturated carbocycles. The number of rotatable bonds is 2. The summed E-state index contributed by atoms with van der Waals surface area (Å²) < 4.78 is 0. The maximum Gasteiger partial charge on any atom is 0.354 e. The summed E-state index contributed by atoms with van der Waals surface area (Å²) in [5.74, 6) is -1.17. The van der Waals surface area contributed by atoms with Crippen molar-refractivity contribution in [2.24, 2.45) is 0 Å². The molecule has 6 heteroatoms. The van der Waals surface area contributed by atoms with Crippen LogP contribution in [-0.2, 0) is 0 Å². The van der Waals surface area contributed by atoms with Crippen LogP contribution in [-0.4, -0.2) is 39.5 Å². The number of carbonyl (C=O) groups is 2. The molecular weight excluding hydrogens is 176 g/mol. The minimum absolute atomic E-state index is 0.0670. The Bertz CT molecular complexity index is 300. The second-order valence-electron chi connectivity index (χ2n) is 1.75. The molecule has 0 radical (unpaired) electrons. The van der Waals surface area contributed by atoms with Crippen LogP contribution < -0.4 is 0 Å². The van der Waals surface area contributed by atoms with E-state index in [2.05, 4.69) is 9.97 Å². The lowest BCUT2D eigenvalue weighted by Crippen LogP contribution is -2.02. The highest BCUT2D eigenvalue weighted by atomic mass is 16.4. The molecule has 0 aromatic carbocycles. The minimum atomic E-state index is -1.17. The lowest BCUT2D eigenvalue weighted by Gasteiger charge is -1.91. The molecule has 0 aliphatic rings. The van der Waals surface area contributed by atoms with Gasteiger partial charge in [0, 0.05) is 13.2 Å². The zero-order valence-corrected chi connectivity index (χ0v) is 6.84. The summed E-state index contributed by atoms with van der Waals surface area (Å²) in [6, 6.07) is 1.11. The van der Waals surface area contributed by atoms with Crippen LogP contribution in [0.25, 0.3) is 0 Å². The van der Waals surface area contributed by atoms with Crippen molar-refractivity contribution in [1.29, 1.82) is 0 Å². The van der Waals surface area contributed by atoms with Crippen LogP contribution in [0.15, 0.2) is 12.4 Å². The van der Waals surface area contributed by atoms with Gasteiger partial charge in [0.15, 0.2) is 12.0 Å². The van der Waals surface area contributed by atoms with Crippen LogP contribution >= 0.6 is 0 Å². The minimum Gasteiger partial charge on any atom is -0.477 e. The van der Waals surface area contributed by atoms with Crippen LogP contribution in [0.2, 0.25) is 0 Å². The first-order valence-electron chi connectivity index (χ1n) is 3.19. The van der Waals surface area contributed by atoms with E-state index in [-0.39, 0.29) is 11.4 Å². The van der Waals surface area contributed by atoms with Gasteiger partial charge >= 0.3 is 5.97 Å². The number of carbonyl (C=O) groups excluding carboxylic acids is 1. The van der Waals surface area contributed by atoms with E-state index in [4.69, 9.17) is 10.2 Å². The molecular formula is C7H8N2O4. The van der Waals surface area contributed by atoms with E-state index in [0.29, 0.717) is 6.29 Å². The van der Waals surface area contributed by atoms with Gasteiger partial charge in [0.05, 0.1) is 0 Å². The number of nitrogens with zero attached hydrogens (tertiary/aromatic N) is 2. The average molecular weight is 184 g/mol. The first-order valence-corrected chi connectivity index (χ1v) is 3.19. The Morgan fingerprint density at radius 1 is 1.46 bits per heavy atom. The molecule has 1 rings (SSSR count). The zero-order chi connectivity index (χ0) is 10.3. The van der Waals surface area contributed by atoms with Crippen molar-refractivity contribution >= 4 is 12.3 Å². The summed E-state index contributed by atoms with van der Waals surface area (Å²) in [5, 5.41) is 15.4. The largest absolute Gasteiger partial charge is 0.477 e. The van der Waals surface area contributed by atoms with Gasteiger partial charge in [0.1, 0.15) is 12.0 Å². The number of carboxylic acid groups (broad SMARTS) is 1. The van der Waals surface area contributed by atoms with E-state index < -0.39 is 5.97 Å². The average Bonchev–Trinajstić information content (AvgIpc) is 2.21. The van der Waals surface area contributed by atoms with Crippen molar-refractivity contribution < 1.29 is 19.8 Å². The normalized spacial score (nSPS) is 8.15. The molecule has 2 N–H and O–H groups in total. The van der Waals surface area contributed by atoms with Crippen molar-refractivity contribution in [3.8, 4) is 0 Å². The van der Waals surface area contributed by atoms with E-state index in [1.807, 2.05) is 0 Å². The van der Waals surface area contributed by atoms with Crippen molar-refractivity contribution in [3.63, 3.8) is 0 Å². The molecule has 0 bridgehead atoms. The lowest BCUT2D eigenvalue weighted by atomic mass is 10.3. The van der Waals surface area contributed by atoms with Crippen molar-refractivity contribution in [2.45, 2.75) is 0 Å². The third kappa shape index (κ3) is 3.39. The highest BCUT2D eigenvalue weighted by Crippen LogP contribution is 1.94. The quantitative estimate of drug-likeness (QED) is 0.606. The summed E-state index contributed by atoms with van der Waals surface area (Å²) in [6.45, 7) is 0. The van der Waals surface area contributed by atoms with Gasteiger partial charge in [-0.2, -0.15) is 0 Å². The molecule has 0 spiro atoms. The molecule has 1 heterocycles. The molecule has 1 aromatic heterocycles. The first kappa shape index (κ1) is 11.2. The smallest absolute Gasteiger partial charge is 0.354 e. The highest BCUT2D eigenvalue weighted by molar-refractivity contribution is 5.87. The summed E-state index contributed by atoms with van der Waals surface area (Å²) in [6.07, 6.45) is 1.50. The number of hydrogen-bond donors (Lipinski definition) is 2. The van der Waals surface area contributed by atoms with Crippen LogP contribution in [0.4, 0.5) is 0 Å². The van der Waals surface area contributed by atoms with Crippen LogP contribution in [0.1, 0.15) is 21.0 Å². The summed E-state index contributed by atoms with van der Waals surface area (Å²) in [5.41, 5.74) is -0.112. The summed E-state index contributed by atoms with van der Waals surface area (Å²) in [7, 11) is 1.00. The van der Waals surface area contributed by atoms with Gasteiger partial charge in [-0.15, -0.1) is 0 Å². The number of hydrogen-bond acceptors (Lipinski definition) is 5. The van der Waals surface area contributed by atoms with Crippen molar-refractivity contribution in [3.05, 3.63) is 23.8 Å². The third-order valence-corrected chi connectivity index (χ3v) is 1.03. The Morgan fingerprint density at radius 2 is 2.08 bits per heavy atom. The Hall–Kier alpha value is -1.82. The molecule has 0 fully saturated rings. The molecule has 6 nitrogen and oxygen atoms in total. The Balaban J connectivity index is 0.000000671. The monoisotopic (exact) mass is 184 g/mol. The predicted octanol–water partition coefficient (Wildman–Crippen LogP) is -0.404. The summed E-state index contributed by atoms with van der Waals surface area (Å²) >= 11 is 0. The Kier molecular flexibility index (Phi) is 4.97. The molecule has 0 aliphatic carbocycles. The lowest BCUT2D eigenvalue weighted by molar-refractivity contribution is 0.0690. The van der Waals surface area contributed by atoms with Gasteiger partial charge in [-0.25, -0.2) is 14.8 Å². The predicted molar refractivity (Wildman–Crippen MR) is 42.5 cm³/mol. The number of aliphatic hydroxyl groups excluding tert-OH is 1. The standard InChI is InChI=1S/C6H4N2O3.CH4O/c9-2-4-1-5(6(10)11)8-3-7-4;1-2/h1-3H,(H,10,11);2H,1H3. The van der Waals surface area contributed by atoms with Crippen LogP contribution in [0.5, 0.6) is 0 Å². The number of aromatic carboxylic acids is 1. The Morgan fingerprint density at radius 3 is 2.54 bits per heavy atom. The van der Waals surface area contributed by atoms with E-state index in [1.54, 1.807) is 0 Å². The number of carboxylic acids is 1. The maximum atomic E-state index is 10.3. The second-order valence-corrected chi connectivity index (χ2v) is 1.75. The highest BCUT2D eigenvalue weighted by Gasteiger charge is 2.04. The van der Waals surface area contributed by atoms with Gasteiger partial charge in [-0.1, -0.05) is 0 Å². The zero-order valence-electron chi connectivity index (χ0n) is 6.84. The fraction of sp³-hybridized carbons (Fsp3) is 0.143. The van der Waals surface area contributed by atoms with E-state index >= 15 is 0 Å². The van der Waals surface area contributed by atoms with E-state index in [0.717, 1.165) is 19.5 Å². The maximum absolute atomic E-state index is 10.3. The van der Waals surface area contributed by atoms with Gasteiger partial charge in [0.2, 0.25) is 0 Å². The van der Waals surface area contributed by atoms with Gasteiger partial charge in [-0.05, 0) is 0 Å². The topological polar surface area (TPSA) is 100 Å². The summed E-state index contributed by atoms with van der Waals surface area (Å²) in [4.78, 5) is 27.3. The van der Waals surface area contributed by atoms with Crippen molar-refractivity contribution in [1.82, 2.24) is 9.97 Å². The number of aldehydes is 1. The van der Waals surface area contributed by atoms with Crippen molar-refractivity contribution in [2.75, 3.05) is 7.11 Å². The second kappa shape index (κ2) is 5.78. The van der Waals surface area contributed by atoms with Gasteiger partial charge in [-0.3, -0.25) is 4.79 Å². The molecule has 13 heavy (non-hydrogen) atoms. The molecule has 0 aliphatic heterocycles. The fourth-order valence-corrected chi connectivity index (χ4v) is 0.554. The molecule has 0 unspecified atom stereocenters. The SMILES string of the molecule is CO.O=Cc1cc(C(=O)O)ncn1. The number of aliphatic hydroxyl groups is 1. The molecule has 0 amide bonds. The molecule has 1 aromatic rings. The van der Waals surface area contributed by atoms with Gasteiger partial charge < -0.3 is 10.2 Å². The fourth-order valence-electron chi connectivity index (χ4n) is 0.554. The van der Waals surface area contributed by atoms with E-state index in [1.165, 1.54) is 0 Å². The van der Waals surface area contributed by atoms with Crippen LogP contribution in [0.3, 0.4) is 0 Å². The molecule has 0 atom stereocenters. The van der Waals surface area contributed by atoms with E-state index in [9.17, 15) is 9.59 Å². The molecule has 70 valence electrons. The third-order valence-electron chi connectivity index (χ3n) is 1.03. The number of aromatic nitrogens is 2. The first-order chi connectivity index (χ1) is 6.24. The van der Waals surface area contributed by atoms with Crippen LogP contribution in [0, 0.1) is 0 Å². The Labute approximate surface area is 73.9 Å².